The average Bonchev–Trinajstić information content (AvgIpc) is 2.08. The molecule has 0 aromatic rings. The van der Waals surface area contributed by atoms with E-state index in [1.54, 1.807) is 0 Å². The predicted molar refractivity (Wildman–Crippen MR) is 63.7 cm³/mol. The molecule has 0 heterocycles. The number of hydrogen-bond donors (Lipinski definition) is 0. The van der Waals surface area contributed by atoms with Crippen molar-refractivity contribution >= 4 is 5.97 Å². The van der Waals surface area contributed by atoms with Gasteiger partial charge in [-0.25, -0.2) is 0 Å². The highest BCUT2D eigenvalue weighted by molar-refractivity contribution is 5.71. The van der Waals surface area contributed by atoms with E-state index < -0.39 is 0 Å². The molecule has 0 saturated heterocycles. The summed E-state index contributed by atoms with van der Waals surface area (Å²) in [5.41, 5.74) is -0.381. The van der Waals surface area contributed by atoms with E-state index in [0.717, 1.165) is 19.3 Å². The first-order valence-electron chi connectivity index (χ1n) is 5.43. The minimum atomic E-state index is -0.381. The lowest BCUT2D eigenvalue weighted by Crippen LogP contribution is -2.23. The van der Waals surface area contributed by atoms with Gasteiger partial charge in [0.25, 0.3) is 0 Å². The average molecular weight is 210 g/mol. The summed E-state index contributed by atoms with van der Waals surface area (Å²) in [6, 6.07) is 0. The van der Waals surface area contributed by atoms with Crippen molar-refractivity contribution in [1.29, 1.82) is 0 Å². The Kier molecular flexibility index (Phi) is 6.76. The molecule has 0 bridgehead atoms. The van der Waals surface area contributed by atoms with Gasteiger partial charge in [0.15, 0.2) is 0 Å². The largest absolute Gasteiger partial charge is 0.460 e. The Bertz CT molecular complexity index is 221. The summed E-state index contributed by atoms with van der Waals surface area (Å²) in [5, 5.41) is 0. The lowest BCUT2D eigenvalue weighted by Gasteiger charge is -2.18. The van der Waals surface area contributed by atoms with Gasteiger partial charge in [0.1, 0.15) is 5.60 Å². The standard InChI is InChI=1S/C13H22O2/c1-5-6-7-8-9-10-11-12(14)15-13(2,3)4/h5,9-10H,1,6-8,11H2,2-4H3. The molecule has 0 aromatic heterocycles. The molecule has 0 saturated carbocycles. The van der Waals surface area contributed by atoms with Crippen LogP contribution in [-0.4, -0.2) is 11.6 Å². The Morgan fingerprint density at radius 3 is 2.47 bits per heavy atom. The van der Waals surface area contributed by atoms with Gasteiger partial charge >= 0.3 is 5.97 Å². The highest BCUT2D eigenvalue weighted by atomic mass is 16.6. The van der Waals surface area contributed by atoms with Gasteiger partial charge in [0.05, 0.1) is 6.42 Å². The van der Waals surface area contributed by atoms with Crippen molar-refractivity contribution in [3.63, 3.8) is 0 Å². The molecule has 0 spiro atoms. The maximum atomic E-state index is 11.3. The van der Waals surface area contributed by atoms with Crippen molar-refractivity contribution in [1.82, 2.24) is 0 Å². The normalized spacial score (nSPS) is 11.7. The van der Waals surface area contributed by atoms with Gasteiger partial charge in [-0.2, -0.15) is 0 Å². The molecule has 2 nitrogen and oxygen atoms in total. The van der Waals surface area contributed by atoms with Crippen molar-refractivity contribution in [2.24, 2.45) is 0 Å². The summed E-state index contributed by atoms with van der Waals surface area (Å²) in [6.07, 6.45) is 9.28. The van der Waals surface area contributed by atoms with Crippen LogP contribution in [0.5, 0.6) is 0 Å². The fraction of sp³-hybridized carbons (Fsp3) is 0.615. The Morgan fingerprint density at radius 2 is 1.93 bits per heavy atom. The van der Waals surface area contributed by atoms with Gasteiger partial charge in [-0.05, 0) is 40.0 Å². The summed E-state index contributed by atoms with van der Waals surface area (Å²) in [6.45, 7) is 9.27. The van der Waals surface area contributed by atoms with Crippen LogP contribution in [0.15, 0.2) is 24.8 Å². The monoisotopic (exact) mass is 210 g/mol. The van der Waals surface area contributed by atoms with Crippen molar-refractivity contribution < 1.29 is 9.53 Å². The lowest BCUT2D eigenvalue weighted by atomic mass is 10.2. The zero-order valence-electron chi connectivity index (χ0n) is 10.1. The molecule has 2 heteroatoms. The summed E-state index contributed by atoms with van der Waals surface area (Å²) >= 11 is 0. The number of carbonyl (C=O) groups excluding carboxylic acids is 1. The number of hydrogen-bond acceptors (Lipinski definition) is 2. The molecule has 0 rings (SSSR count). The maximum absolute atomic E-state index is 11.3. The van der Waals surface area contributed by atoms with Gasteiger partial charge in [-0.1, -0.05) is 18.2 Å². The molecular weight excluding hydrogens is 188 g/mol. The van der Waals surface area contributed by atoms with Gasteiger partial charge in [0, 0.05) is 0 Å². The zero-order chi connectivity index (χ0) is 11.7. The SMILES string of the molecule is C=CCCCC=CCC(=O)OC(C)(C)C. The zero-order valence-corrected chi connectivity index (χ0v) is 10.1. The van der Waals surface area contributed by atoms with Crippen LogP contribution >= 0.6 is 0 Å². The second-order valence-electron chi connectivity index (χ2n) is 4.48. The van der Waals surface area contributed by atoms with Crippen molar-refractivity contribution in [3.8, 4) is 0 Å². The number of esters is 1. The van der Waals surface area contributed by atoms with Gasteiger partial charge in [0.2, 0.25) is 0 Å². The summed E-state index contributed by atoms with van der Waals surface area (Å²) in [7, 11) is 0. The Morgan fingerprint density at radius 1 is 1.27 bits per heavy atom. The molecule has 0 aliphatic rings. The van der Waals surface area contributed by atoms with Crippen LogP contribution in [-0.2, 0) is 9.53 Å². The third kappa shape index (κ3) is 10.9. The summed E-state index contributed by atoms with van der Waals surface area (Å²) < 4.78 is 5.16. The molecule has 0 N–H and O–H groups in total. The molecule has 0 radical (unpaired) electrons. The van der Waals surface area contributed by atoms with Crippen LogP contribution in [0.2, 0.25) is 0 Å². The topological polar surface area (TPSA) is 26.3 Å². The van der Waals surface area contributed by atoms with E-state index in [4.69, 9.17) is 4.74 Å². The Labute approximate surface area is 93.0 Å². The second kappa shape index (κ2) is 7.27. The van der Waals surface area contributed by atoms with Crippen LogP contribution < -0.4 is 0 Å². The first kappa shape index (κ1) is 13.9. The fourth-order valence-corrected chi connectivity index (χ4v) is 1.06. The minimum Gasteiger partial charge on any atom is -0.460 e. The molecule has 15 heavy (non-hydrogen) atoms. The van der Waals surface area contributed by atoms with Crippen molar-refractivity contribution in [2.75, 3.05) is 0 Å². The van der Waals surface area contributed by atoms with Crippen LogP contribution in [0.25, 0.3) is 0 Å². The number of allylic oxidation sites excluding steroid dienone is 2. The predicted octanol–water partition coefficient (Wildman–Crippen LogP) is 3.63. The Hall–Kier alpha value is -1.05. The third-order valence-corrected chi connectivity index (χ3v) is 1.65. The van der Waals surface area contributed by atoms with E-state index in [2.05, 4.69) is 6.58 Å². The number of rotatable bonds is 6. The van der Waals surface area contributed by atoms with Gasteiger partial charge in [-0.15, -0.1) is 6.58 Å². The van der Waals surface area contributed by atoms with Gasteiger partial charge < -0.3 is 4.74 Å². The highest BCUT2D eigenvalue weighted by Gasteiger charge is 2.14. The third-order valence-electron chi connectivity index (χ3n) is 1.65. The molecule has 0 amide bonds. The van der Waals surface area contributed by atoms with E-state index in [9.17, 15) is 4.79 Å². The highest BCUT2D eigenvalue weighted by Crippen LogP contribution is 2.08. The van der Waals surface area contributed by atoms with Crippen molar-refractivity contribution in [2.45, 2.75) is 52.1 Å². The lowest BCUT2D eigenvalue weighted by molar-refractivity contribution is -0.153. The number of unbranched alkanes of at least 4 members (excludes halogenated alkanes) is 2. The van der Waals surface area contributed by atoms with Gasteiger partial charge in [-0.3, -0.25) is 4.79 Å². The van der Waals surface area contributed by atoms with E-state index in [1.807, 2.05) is 39.0 Å². The molecule has 0 aromatic carbocycles. The fourth-order valence-electron chi connectivity index (χ4n) is 1.06. The quantitative estimate of drug-likeness (QED) is 0.380. The summed E-state index contributed by atoms with van der Waals surface area (Å²) in [4.78, 5) is 11.3. The molecule has 0 unspecified atom stereocenters. The molecule has 0 atom stereocenters. The van der Waals surface area contributed by atoms with E-state index in [0.29, 0.717) is 6.42 Å². The molecule has 0 aliphatic heterocycles. The van der Waals surface area contributed by atoms with E-state index in [1.165, 1.54) is 0 Å². The van der Waals surface area contributed by atoms with Crippen LogP contribution in [0.4, 0.5) is 0 Å². The second-order valence-corrected chi connectivity index (χ2v) is 4.48. The molecule has 86 valence electrons. The minimum absolute atomic E-state index is 0.164. The maximum Gasteiger partial charge on any atom is 0.310 e. The molecular formula is C13H22O2. The smallest absolute Gasteiger partial charge is 0.310 e. The van der Waals surface area contributed by atoms with E-state index >= 15 is 0 Å². The first-order chi connectivity index (χ1) is 6.95. The van der Waals surface area contributed by atoms with Crippen LogP contribution in [0.1, 0.15) is 46.5 Å². The first-order valence-corrected chi connectivity index (χ1v) is 5.43. The van der Waals surface area contributed by atoms with Crippen molar-refractivity contribution in [3.05, 3.63) is 24.8 Å². The Balaban J connectivity index is 3.58. The number of ether oxygens (including phenoxy) is 1. The number of carbonyl (C=O) groups is 1. The van der Waals surface area contributed by atoms with Crippen LogP contribution in [0.3, 0.4) is 0 Å². The molecule has 0 fully saturated rings. The molecule has 0 aliphatic carbocycles. The summed E-state index contributed by atoms with van der Waals surface area (Å²) in [5.74, 6) is -0.164. The van der Waals surface area contributed by atoms with Crippen LogP contribution in [0, 0.1) is 0 Å². The van der Waals surface area contributed by atoms with E-state index in [-0.39, 0.29) is 11.6 Å².